The van der Waals surface area contributed by atoms with Gasteiger partial charge in [0.25, 0.3) is 5.56 Å². The summed E-state index contributed by atoms with van der Waals surface area (Å²) in [6.45, 7) is 6.03. The minimum atomic E-state index is -0.521. The molecule has 2 aromatic carbocycles. The third-order valence-corrected chi connectivity index (χ3v) is 6.18. The van der Waals surface area contributed by atoms with Crippen LogP contribution in [0.4, 0.5) is 5.69 Å². The Balaban J connectivity index is 1.89. The van der Waals surface area contributed by atoms with E-state index < -0.39 is 11.2 Å². The number of ether oxygens (including phenoxy) is 1. The number of fused-ring (bicyclic) bond motifs is 1. The van der Waals surface area contributed by atoms with E-state index in [1.165, 1.54) is 23.4 Å². The first-order chi connectivity index (χ1) is 15.3. The Morgan fingerprint density at radius 1 is 1.09 bits per heavy atom. The summed E-state index contributed by atoms with van der Waals surface area (Å²) in [5.74, 6) is -0.345. The number of benzene rings is 2. The molecule has 32 heavy (non-hydrogen) atoms. The Morgan fingerprint density at radius 2 is 1.78 bits per heavy atom. The minimum Gasteiger partial charge on any atom is -0.469 e. The van der Waals surface area contributed by atoms with Crippen molar-refractivity contribution in [1.29, 1.82) is 0 Å². The Morgan fingerprint density at radius 3 is 2.50 bits per heavy atom. The molecule has 8 heteroatoms. The van der Waals surface area contributed by atoms with E-state index in [1.807, 2.05) is 24.3 Å². The normalized spacial score (nSPS) is 12.0. The Bertz CT molecular complexity index is 1190. The highest BCUT2D eigenvalue weighted by Crippen LogP contribution is 2.27. The topological polar surface area (TPSA) is 90.3 Å². The molecule has 1 atom stereocenters. The van der Waals surface area contributed by atoms with Gasteiger partial charge in [-0.05, 0) is 36.6 Å². The van der Waals surface area contributed by atoms with Gasteiger partial charge in [0.15, 0.2) is 5.16 Å². The lowest BCUT2D eigenvalue weighted by atomic mass is 10.0. The number of hydrogen-bond donors (Lipinski definition) is 1. The van der Waals surface area contributed by atoms with Gasteiger partial charge in [-0.3, -0.25) is 19.0 Å². The van der Waals surface area contributed by atoms with Crippen LogP contribution in [0.3, 0.4) is 0 Å². The summed E-state index contributed by atoms with van der Waals surface area (Å²) in [6, 6.07) is 14.7. The van der Waals surface area contributed by atoms with Crippen molar-refractivity contribution in [2.24, 2.45) is 0 Å². The summed E-state index contributed by atoms with van der Waals surface area (Å²) in [4.78, 5) is 42.3. The minimum absolute atomic E-state index is 0.0341. The van der Waals surface area contributed by atoms with Crippen LogP contribution < -0.4 is 10.9 Å². The van der Waals surface area contributed by atoms with Gasteiger partial charge in [0.05, 0.1) is 29.7 Å². The number of nitrogens with one attached hydrogen (secondary N) is 1. The summed E-state index contributed by atoms with van der Waals surface area (Å²) in [5, 5.41) is 3.32. The first-order valence-corrected chi connectivity index (χ1v) is 11.3. The lowest BCUT2D eigenvalue weighted by molar-refractivity contribution is -0.140. The zero-order chi connectivity index (χ0) is 23.3. The van der Waals surface area contributed by atoms with Crippen molar-refractivity contribution >= 4 is 40.2 Å². The largest absolute Gasteiger partial charge is 0.469 e. The van der Waals surface area contributed by atoms with Crippen molar-refractivity contribution in [3.63, 3.8) is 0 Å². The highest BCUT2D eigenvalue weighted by Gasteiger charge is 2.21. The monoisotopic (exact) mass is 453 g/mol. The molecule has 0 fully saturated rings. The number of hydrogen-bond acceptors (Lipinski definition) is 6. The molecule has 0 bridgehead atoms. The standard InChI is InChI=1S/C24H27N3O4S/c1-15(2)17-9-5-7-11-19(17)25-22(29)16(3)32-24-26-20-12-8-6-10-18(20)23(30)27(24)14-13-21(28)31-4/h5-12,15-16H,13-14H2,1-4H3,(H,25,29). The van der Waals surface area contributed by atoms with Crippen LogP contribution in [0.5, 0.6) is 0 Å². The lowest BCUT2D eigenvalue weighted by Crippen LogP contribution is -2.28. The molecule has 0 aliphatic rings. The van der Waals surface area contributed by atoms with Crippen LogP contribution in [0.2, 0.25) is 0 Å². The van der Waals surface area contributed by atoms with Crippen LogP contribution in [0.1, 0.15) is 38.7 Å². The van der Waals surface area contributed by atoms with E-state index in [0.717, 1.165) is 11.3 Å². The fourth-order valence-electron chi connectivity index (χ4n) is 3.30. The summed E-state index contributed by atoms with van der Waals surface area (Å²) >= 11 is 1.19. The maximum absolute atomic E-state index is 13.1. The molecule has 3 aromatic rings. The van der Waals surface area contributed by atoms with Crippen molar-refractivity contribution in [1.82, 2.24) is 9.55 Å². The zero-order valence-electron chi connectivity index (χ0n) is 18.6. The lowest BCUT2D eigenvalue weighted by Gasteiger charge is -2.18. The van der Waals surface area contributed by atoms with Gasteiger partial charge >= 0.3 is 5.97 Å². The number of carbonyl (C=O) groups is 2. The van der Waals surface area contributed by atoms with Gasteiger partial charge < -0.3 is 10.1 Å². The number of methoxy groups -OCH3 is 1. The van der Waals surface area contributed by atoms with Crippen molar-refractivity contribution in [3.8, 4) is 0 Å². The number of nitrogens with zero attached hydrogens (tertiary/aromatic N) is 2. The molecule has 0 radical (unpaired) electrons. The van der Waals surface area contributed by atoms with Crippen LogP contribution in [0, 0.1) is 0 Å². The molecule has 1 N–H and O–H groups in total. The first kappa shape index (κ1) is 23.5. The fourth-order valence-corrected chi connectivity index (χ4v) is 4.23. The molecule has 0 spiro atoms. The fraction of sp³-hybridized carbons (Fsp3) is 0.333. The van der Waals surface area contributed by atoms with Gasteiger partial charge in [0.2, 0.25) is 5.91 Å². The smallest absolute Gasteiger partial charge is 0.307 e. The molecular weight excluding hydrogens is 426 g/mol. The average Bonchev–Trinajstić information content (AvgIpc) is 2.78. The molecule has 1 amide bonds. The molecule has 1 heterocycles. The van der Waals surface area contributed by atoms with E-state index in [1.54, 1.807) is 31.2 Å². The highest BCUT2D eigenvalue weighted by atomic mass is 32.2. The van der Waals surface area contributed by atoms with Crippen molar-refractivity contribution in [2.45, 2.75) is 50.1 Å². The zero-order valence-corrected chi connectivity index (χ0v) is 19.4. The second kappa shape index (κ2) is 10.5. The van der Waals surface area contributed by atoms with Gasteiger partial charge in [-0.25, -0.2) is 4.98 Å². The first-order valence-electron chi connectivity index (χ1n) is 10.4. The van der Waals surface area contributed by atoms with Gasteiger partial charge in [0, 0.05) is 12.2 Å². The predicted octanol–water partition coefficient (Wildman–Crippen LogP) is 4.20. The number of thioether (sulfide) groups is 1. The van der Waals surface area contributed by atoms with E-state index in [4.69, 9.17) is 4.74 Å². The third-order valence-electron chi connectivity index (χ3n) is 5.09. The van der Waals surface area contributed by atoms with E-state index in [-0.39, 0.29) is 30.3 Å². The molecule has 0 aliphatic heterocycles. The molecule has 0 aliphatic carbocycles. The van der Waals surface area contributed by atoms with Crippen LogP contribution in [0.15, 0.2) is 58.5 Å². The van der Waals surface area contributed by atoms with Gasteiger partial charge in [-0.15, -0.1) is 0 Å². The maximum atomic E-state index is 13.1. The van der Waals surface area contributed by atoms with Gasteiger partial charge in [-0.2, -0.15) is 0 Å². The third kappa shape index (κ3) is 5.37. The molecule has 168 valence electrons. The molecule has 7 nitrogen and oxygen atoms in total. The second-order valence-corrected chi connectivity index (χ2v) is 8.99. The number of anilines is 1. The Kier molecular flexibility index (Phi) is 7.69. The average molecular weight is 454 g/mol. The Hall–Kier alpha value is -3.13. The molecule has 0 saturated carbocycles. The molecule has 3 rings (SSSR count). The Labute approximate surface area is 191 Å². The van der Waals surface area contributed by atoms with E-state index in [2.05, 4.69) is 24.1 Å². The number of para-hydroxylation sites is 2. The van der Waals surface area contributed by atoms with Crippen molar-refractivity contribution in [3.05, 3.63) is 64.4 Å². The van der Waals surface area contributed by atoms with Crippen molar-refractivity contribution < 1.29 is 14.3 Å². The number of amides is 1. The van der Waals surface area contributed by atoms with E-state index in [0.29, 0.717) is 16.1 Å². The van der Waals surface area contributed by atoms with Crippen molar-refractivity contribution in [2.75, 3.05) is 12.4 Å². The van der Waals surface area contributed by atoms with Crippen LogP contribution >= 0.6 is 11.8 Å². The van der Waals surface area contributed by atoms with Crippen LogP contribution in [-0.4, -0.2) is 33.8 Å². The number of carbonyl (C=O) groups excluding carboxylic acids is 2. The number of esters is 1. The molecular formula is C24H27N3O4S. The maximum Gasteiger partial charge on any atom is 0.307 e. The van der Waals surface area contributed by atoms with Crippen LogP contribution in [0.25, 0.3) is 10.9 Å². The van der Waals surface area contributed by atoms with Gasteiger partial charge in [0.1, 0.15) is 0 Å². The summed E-state index contributed by atoms with van der Waals surface area (Å²) in [7, 11) is 1.31. The molecule has 1 unspecified atom stereocenters. The summed E-state index contributed by atoms with van der Waals surface area (Å²) < 4.78 is 6.15. The number of aromatic nitrogens is 2. The predicted molar refractivity (Wildman–Crippen MR) is 127 cm³/mol. The molecule has 0 saturated heterocycles. The highest BCUT2D eigenvalue weighted by molar-refractivity contribution is 8.00. The second-order valence-electron chi connectivity index (χ2n) is 7.69. The quantitative estimate of drug-likeness (QED) is 0.312. The SMILES string of the molecule is COC(=O)CCn1c(SC(C)C(=O)Nc2ccccc2C(C)C)nc2ccccc2c1=O. The molecule has 1 aromatic heterocycles. The summed E-state index contributed by atoms with van der Waals surface area (Å²) in [5.41, 5.74) is 2.12. The van der Waals surface area contributed by atoms with E-state index in [9.17, 15) is 14.4 Å². The van der Waals surface area contributed by atoms with E-state index >= 15 is 0 Å². The number of rotatable bonds is 8. The van der Waals surface area contributed by atoms with Gasteiger partial charge in [-0.1, -0.05) is 55.9 Å². The van der Waals surface area contributed by atoms with Crippen LogP contribution in [-0.2, 0) is 20.9 Å². The summed E-state index contributed by atoms with van der Waals surface area (Å²) in [6.07, 6.45) is 0.0341.